The van der Waals surface area contributed by atoms with Gasteiger partial charge >= 0.3 is 0 Å². The summed E-state index contributed by atoms with van der Waals surface area (Å²) in [6.07, 6.45) is 3.92. The number of ether oxygens (including phenoxy) is 1. The van der Waals surface area contributed by atoms with E-state index in [4.69, 9.17) is 10.5 Å². The highest BCUT2D eigenvalue weighted by atomic mass is 19.1. The molecule has 1 aromatic rings. The van der Waals surface area contributed by atoms with Crippen LogP contribution in [0.25, 0.3) is 0 Å². The largest absolute Gasteiger partial charge is 0.375 e. The van der Waals surface area contributed by atoms with E-state index in [9.17, 15) is 4.39 Å². The molecule has 0 spiro atoms. The fourth-order valence-corrected chi connectivity index (χ4v) is 3.68. The average molecular weight is 278 g/mol. The maximum absolute atomic E-state index is 13.5. The van der Waals surface area contributed by atoms with Gasteiger partial charge in [0.05, 0.1) is 12.7 Å². The third-order valence-electron chi connectivity index (χ3n) is 4.72. The average Bonchev–Trinajstić information content (AvgIpc) is 2.93. The van der Waals surface area contributed by atoms with Crippen molar-refractivity contribution in [2.45, 2.75) is 44.4 Å². The van der Waals surface area contributed by atoms with Crippen molar-refractivity contribution in [3.05, 3.63) is 35.1 Å². The van der Waals surface area contributed by atoms with Gasteiger partial charge in [0.15, 0.2) is 0 Å². The van der Waals surface area contributed by atoms with E-state index in [-0.39, 0.29) is 11.9 Å². The maximum Gasteiger partial charge on any atom is 0.126 e. The highest BCUT2D eigenvalue weighted by molar-refractivity contribution is 5.27. The molecule has 110 valence electrons. The van der Waals surface area contributed by atoms with Gasteiger partial charge < -0.3 is 10.5 Å². The molecule has 1 aromatic carbocycles. The Kier molecular flexibility index (Phi) is 4.06. The highest BCUT2D eigenvalue weighted by Crippen LogP contribution is 2.35. The Morgan fingerprint density at radius 3 is 3.05 bits per heavy atom. The second kappa shape index (κ2) is 5.80. The Hall–Kier alpha value is -0.970. The number of hydrogen-bond acceptors (Lipinski definition) is 3. The van der Waals surface area contributed by atoms with Gasteiger partial charge in [-0.05, 0) is 43.4 Å². The maximum atomic E-state index is 13.5. The van der Waals surface area contributed by atoms with Crippen molar-refractivity contribution in [2.24, 2.45) is 5.73 Å². The molecule has 3 rings (SSSR count). The molecule has 0 aromatic heterocycles. The minimum atomic E-state index is -0.148. The zero-order chi connectivity index (χ0) is 14.1. The van der Waals surface area contributed by atoms with Crippen LogP contribution in [0.15, 0.2) is 18.2 Å². The number of fused-ring (bicyclic) bond motifs is 1. The number of nitrogens with zero attached hydrogens (tertiary/aromatic N) is 1. The fraction of sp³-hybridized carbons (Fsp3) is 0.625. The standard InChI is InChI=1S/C16H23FN2O/c1-11-9-12(5-6-13(11)17)15(10-18)19-7-8-20-16-4-2-3-14(16)19/h5-6,9,14-16H,2-4,7-8,10,18H2,1H3. The normalized spacial score (nSPS) is 28.4. The minimum absolute atomic E-state index is 0.148. The Balaban J connectivity index is 1.86. The molecular weight excluding hydrogens is 255 g/mol. The van der Waals surface area contributed by atoms with Crippen LogP contribution in [0.5, 0.6) is 0 Å². The number of nitrogens with two attached hydrogens (primary N) is 1. The van der Waals surface area contributed by atoms with E-state index >= 15 is 0 Å². The van der Waals surface area contributed by atoms with Crippen LogP contribution < -0.4 is 5.73 Å². The molecule has 20 heavy (non-hydrogen) atoms. The van der Waals surface area contributed by atoms with Crippen LogP contribution in [-0.4, -0.2) is 36.7 Å². The molecule has 1 saturated carbocycles. The first-order valence-corrected chi connectivity index (χ1v) is 7.54. The van der Waals surface area contributed by atoms with Crippen LogP contribution in [0.3, 0.4) is 0 Å². The van der Waals surface area contributed by atoms with Crippen molar-refractivity contribution in [2.75, 3.05) is 19.7 Å². The summed E-state index contributed by atoms with van der Waals surface area (Å²) in [6.45, 7) is 4.07. The summed E-state index contributed by atoms with van der Waals surface area (Å²) in [6, 6.07) is 6.01. The van der Waals surface area contributed by atoms with Gasteiger partial charge in [-0.25, -0.2) is 4.39 Å². The van der Waals surface area contributed by atoms with Gasteiger partial charge in [-0.3, -0.25) is 4.90 Å². The van der Waals surface area contributed by atoms with Crippen molar-refractivity contribution in [3.63, 3.8) is 0 Å². The number of halogens is 1. The lowest BCUT2D eigenvalue weighted by molar-refractivity contribution is -0.0711. The molecular formula is C16H23FN2O. The van der Waals surface area contributed by atoms with Gasteiger partial charge in [0.1, 0.15) is 5.82 Å². The molecule has 3 unspecified atom stereocenters. The molecule has 3 nitrogen and oxygen atoms in total. The molecule has 1 heterocycles. The quantitative estimate of drug-likeness (QED) is 0.922. The van der Waals surface area contributed by atoms with Crippen LogP contribution in [0.2, 0.25) is 0 Å². The summed E-state index contributed by atoms with van der Waals surface area (Å²) in [5.74, 6) is -0.148. The van der Waals surface area contributed by atoms with E-state index in [0.717, 1.165) is 25.1 Å². The van der Waals surface area contributed by atoms with Crippen LogP contribution in [-0.2, 0) is 4.74 Å². The predicted octanol–water partition coefficient (Wildman–Crippen LogP) is 2.39. The first-order chi connectivity index (χ1) is 9.70. The molecule has 1 aliphatic carbocycles. The van der Waals surface area contributed by atoms with Gasteiger partial charge in [0.25, 0.3) is 0 Å². The molecule has 0 radical (unpaired) electrons. The zero-order valence-corrected chi connectivity index (χ0v) is 12.0. The predicted molar refractivity (Wildman–Crippen MR) is 77.0 cm³/mol. The van der Waals surface area contributed by atoms with E-state index in [1.165, 1.54) is 12.8 Å². The lowest BCUT2D eigenvalue weighted by Crippen LogP contribution is -2.51. The van der Waals surface area contributed by atoms with Crippen LogP contribution in [0.4, 0.5) is 4.39 Å². The first kappa shape index (κ1) is 14.0. The van der Waals surface area contributed by atoms with Crippen molar-refractivity contribution in [3.8, 4) is 0 Å². The summed E-state index contributed by atoms with van der Waals surface area (Å²) in [4.78, 5) is 2.48. The van der Waals surface area contributed by atoms with Crippen LogP contribution in [0, 0.1) is 12.7 Å². The van der Waals surface area contributed by atoms with E-state index in [1.807, 2.05) is 19.1 Å². The summed E-state index contributed by atoms with van der Waals surface area (Å²) < 4.78 is 19.3. The number of rotatable bonds is 3. The Labute approximate surface area is 119 Å². The SMILES string of the molecule is Cc1cc(C(CN)N2CCOC3CCCC32)ccc1F. The topological polar surface area (TPSA) is 38.5 Å². The van der Waals surface area contributed by atoms with Gasteiger partial charge in [-0.15, -0.1) is 0 Å². The third-order valence-corrected chi connectivity index (χ3v) is 4.72. The van der Waals surface area contributed by atoms with Crippen molar-refractivity contribution in [1.82, 2.24) is 4.90 Å². The molecule has 0 bridgehead atoms. The summed E-state index contributed by atoms with van der Waals surface area (Å²) >= 11 is 0. The molecule has 4 heteroatoms. The van der Waals surface area contributed by atoms with Gasteiger partial charge in [-0.2, -0.15) is 0 Å². The molecule has 1 saturated heterocycles. The van der Waals surface area contributed by atoms with Gasteiger partial charge in [0.2, 0.25) is 0 Å². The monoisotopic (exact) mass is 278 g/mol. The van der Waals surface area contributed by atoms with Crippen molar-refractivity contribution < 1.29 is 9.13 Å². The second-order valence-corrected chi connectivity index (χ2v) is 5.91. The molecule has 0 amide bonds. The number of morpholine rings is 1. The van der Waals surface area contributed by atoms with Gasteiger partial charge in [0, 0.05) is 25.2 Å². The third kappa shape index (κ3) is 2.48. The number of hydrogen-bond donors (Lipinski definition) is 1. The highest BCUT2D eigenvalue weighted by Gasteiger charge is 2.39. The Morgan fingerprint density at radius 1 is 1.45 bits per heavy atom. The summed E-state index contributed by atoms with van der Waals surface area (Å²) in [5.41, 5.74) is 7.85. The van der Waals surface area contributed by atoms with E-state index in [0.29, 0.717) is 24.3 Å². The zero-order valence-electron chi connectivity index (χ0n) is 12.0. The smallest absolute Gasteiger partial charge is 0.126 e. The molecule has 2 N–H and O–H groups in total. The summed E-state index contributed by atoms with van der Waals surface area (Å²) in [7, 11) is 0. The Morgan fingerprint density at radius 2 is 2.30 bits per heavy atom. The lowest BCUT2D eigenvalue weighted by Gasteiger charge is -2.42. The molecule has 1 aliphatic heterocycles. The minimum Gasteiger partial charge on any atom is -0.375 e. The van der Waals surface area contributed by atoms with E-state index in [1.54, 1.807) is 6.07 Å². The first-order valence-electron chi connectivity index (χ1n) is 7.54. The number of benzene rings is 1. The molecule has 3 atom stereocenters. The second-order valence-electron chi connectivity index (χ2n) is 5.91. The van der Waals surface area contributed by atoms with Gasteiger partial charge in [-0.1, -0.05) is 12.1 Å². The van der Waals surface area contributed by atoms with E-state index < -0.39 is 0 Å². The Bertz CT molecular complexity index is 480. The van der Waals surface area contributed by atoms with Crippen LogP contribution >= 0.6 is 0 Å². The molecule has 2 fully saturated rings. The molecule has 2 aliphatic rings. The fourth-order valence-electron chi connectivity index (χ4n) is 3.68. The van der Waals surface area contributed by atoms with Crippen molar-refractivity contribution in [1.29, 1.82) is 0 Å². The lowest BCUT2D eigenvalue weighted by atomic mass is 9.99. The van der Waals surface area contributed by atoms with Crippen molar-refractivity contribution >= 4 is 0 Å². The summed E-state index contributed by atoms with van der Waals surface area (Å²) in [5, 5.41) is 0. The van der Waals surface area contributed by atoms with E-state index in [2.05, 4.69) is 4.90 Å². The number of aryl methyl sites for hydroxylation is 1. The van der Waals surface area contributed by atoms with Crippen LogP contribution in [0.1, 0.15) is 36.4 Å².